The molecule has 0 fully saturated rings. The fourth-order valence-corrected chi connectivity index (χ4v) is 2.65. The number of aliphatic carboxylic acids is 1. The van der Waals surface area contributed by atoms with Gasteiger partial charge < -0.3 is 14.6 Å². The summed E-state index contributed by atoms with van der Waals surface area (Å²) in [4.78, 5) is 22.3. The molecule has 0 radical (unpaired) electrons. The molecule has 0 bridgehead atoms. The molecule has 144 valence electrons. The van der Waals surface area contributed by atoms with Crippen LogP contribution in [-0.4, -0.2) is 37.2 Å². The van der Waals surface area contributed by atoms with Crippen molar-refractivity contribution in [1.29, 1.82) is 0 Å². The molecule has 0 aliphatic heterocycles. The Hall–Kier alpha value is -0.824. The second kappa shape index (κ2) is 13.4. The van der Waals surface area contributed by atoms with Crippen molar-refractivity contribution in [2.75, 3.05) is 12.0 Å². The van der Waals surface area contributed by atoms with E-state index in [2.05, 4.69) is 10.5 Å². The van der Waals surface area contributed by atoms with Crippen LogP contribution in [0.15, 0.2) is 29.4 Å². The van der Waals surface area contributed by atoms with E-state index in [9.17, 15) is 23.1 Å². The summed E-state index contributed by atoms with van der Waals surface area (Å²) in [6.07, 6.45) is 0.853. The second-order valence-electron chi connectivity index (χ2n) is 5.40. The molecule has 0 spiro atoms. The summed E-state index contributed by atoms with van der Waals surface area (Å²) in [5.41, 5.74) is 3.50. The van der Waals surface area contributed by atoms with E-state index in [1.165, 1.54) is 12.1 Å². The maximum absolute atomic E-state index is 11.9. The molecule has 1 rings (SSSR count). The van der Waals surface area contributed by atoms with Crippen molar-refractivity contribution >= 4 is 33.5 Å². The molecule has 1 aromatic carbocycles. The largest absolute Gasteiger partial charge is 1.00 e. The monoisotopic (exact) mass is 424 g/mol. The van der Waals surface area contributed by atoms with Crippen LogP contribution in [0, 0.1) is 0 Å². The van der Waals surface area contributed by atoms with Crippen LogP contribution in [0.5, 0.6) is 0 Å². The van der Waals surface area contributed by atoms with Gasteiger partial charge in [-0.1, -0.05) is 12.1 Å². The minimum atomic E-state index is -4.16. The predicted octanol–water partition coefficient (Wildman–Crippen LogP) is -2.28. The van der Waals surface area contributed by atoms with E-state index in [4.69, 9.17) is 9.29 Å². The number of hydrogen-bond acceptors (Lipinski definition) is 8. The van der Waals surface area contributed by atoms with Crippen LogP contribution >= 0.6 is 0 Å². The first-order chi connectivity index (χ1) is 12.2. The SMILES string of the molecule is CCOC(=O)/C(CCCCC(=O)[O-])=N/Nc1cccc(CS(=O)(=O)O)c1.[K+]. The Balaban J connectivity index is 0.00000676. The smallest absolute Gasteiger partial charge is 0.550 e. The van der Waals surface area contributed by atoms with Crippen LogP contribution in [0.3, 0.4) is 0 Å². The molecule has 2 N–H and O–H groups in total. The molecule has 11 heteroatoms. The Labute approximate surface area is 200 Å². The molecule has 0 atom stereocenters. The molecule has 0 amide bonds. The first kappa shape index (κ1) is 26.2. The Morgan fingerprint density at radius 1 is 1.26 bits per heavy atom. The fourth-order valence-electron chi connectivity index (χ4n) is 2.05. The van der Waals surface area contributed by atoms with Crippen molar-refractivity contribution in [3.8, 4) is 0 Å². The first-order valence-electron chi connectivity index (χ1n) is 7.95. The Bertz CT molecular complexity index is 766. The van der Waals surface area contributed by atoms with E-state index in [1.54, 1.807) is 19.1 Å². The van der Waals surface area contributed by atoms with Crippen LogP contribution in [0.1, 0.15) is 38.2 Å². The zero-order valence-corrected chi connectivity index (χ0v) is 19.2. The molecule has 0 aliphatic rings. The predicted molar refractivity (Wildman–Crippen MR) is 92.9 cm³/mol. The van der Waals surface area contributed by atoms with Crippen molar-refractivity contribution in [3.63, 3.8) is 0 Å². The number of unbranched alkanes of at least 4 members (excludes halogenated alkanes) is 1. The molecular weight excluding hydrogens is 403 g/mol. The minimum Gasteiger partial charge on any atom is -0.550 e. The number of hydrazone groups is 1. The summed E-state index contributed by atoms with van der Waals surface area (Å²) in [6.45, 7) is 1.82. The van der Waals surface area contributed by atoms with Crippen molar-refractivity contribution in [2.45, 2.75) is 38.4 Å². The summed E-state index contributed by atoms with van der Waals surface area (Å²) in [6, 6.07) is 6.17. The molecule has 0 heterocycles. The third kappa shape index (κ3) is 12.3. The number of benzene rings is 1. The number of nitrogens with zero attached hydrogens (tertiary/aromatic N) is 1. The number of rotatable bonds is 11. The van der Waals surface area contributed by atoms with Crippen LogP contribution in [0.4, 0.5) is 5.69 Å². The topological polar surface area (TPSA) is 145 Å². The van der Waals surface area contributed by atoms with E-state index in [0.29, 0.717) is 24.1 Å². The maximum atomic E-state index is 11.9. The molecule has 9 nitrogen and oxygen atoms in total. The van der Waals surface area contributed by atoms with Gasteiger partial charge in [0.15, 0.2) is 0 Å². The van der Waals surface area contributed by atoms with Gasteiger partial charge in [0.05, 0.1) is 12.3 Å². The standard InChI is InChI=1S/C16H22N2O7S.K/c1-2-25-16(21)14(8-3-4-9-15(19)20)18-17-13-7-5-6-12(10-13)11-26(22,23)24;/h5-7,10,17H,2-4,8-9,11H2,1H3,(H,19,20)(H,22,23,24);/q;+1/p-1/b18-14+;. The number of ether oxygens (including phenoxy) is 1. The van der Waals surface area contributed by atoms with Crippen LogP contribution < -0.4 is 61.9 Å². The van der Waals surface area contributed by atoms with Crippen LogP contribution in [-0.2, 0) is 30.2 Å². The molecule has 0 aromatic heterocycles. The van der Waals surface area contributed by atoms with Crippen molar-refractivity contribution in [2.24, 2.45) is 5.10 Å². The van der Waals surface area contributed by atoms with Gasteiger partial charge in [-0.2, -0.15) is 13.5 Å². The van der Waals surface area contributed by atoms with Crippen molar-refractivity contribution < 1.29 is 83.8 Å². The Morgan fingerprint density at radius 3 is 2.52 bits per heavy atom. The summed E-state index contributed by atoms with van der Waals surface area (Å²) in [7, 11) is -4.16. The molecule has 27 heavy (non-hydrogen) atoms. The minimum absolute atomic E-state index is 0. The van der Waals surface area contributed by atoms with Gasteiger partial charge in [0.1, 0.15) is 11.5 Å². The van der Waals surface area contributed by atoms with E-state index < -0.39 is 27.8 Å². The van der Waals surface area contributed by atoms with E-state index >= 15 is 0 Å². The van der Waals surface area contributed by atoms with Crippen molar-refractivity contribution in [3.05, 3.63) is 29.8 Å². The number of carboxylic acids is 1. The number of carbonyl (C=O) groups is 2. The van der Waals surface area contributed by atoms with Gasteiger partial charge in [-0.15, -0.1) is 0 Å². The van der Waals surface area contributed by atoms with Crippen LogP contribution in [0.25, 0.3) is 0 Å². The summed E-state index contributed by atoms with van der Waals surface area (Å²) < 4.78 is 35.7. The summed E-state index contributed by atoms with van der Waals surface area (Å²) >= 11 is 0. The normalized spacial score (nSPS) is 11.4. The third-order valence-electron chi connectivity index (χ3n) is 3.15. The quantitative estimate of drug-likeness (QED) is 0.101. The molecule has 0 saturated carbocycles. The molecule has 0 unspecified atom stereocenters. The van der Waals surface area contributed by atoms with Gasteiger partial charge in [0.2, 0.25) is 0 Å². The first-order valence-corrected chi connectivity index (χ1v) is 9.56. The molecule has 0 saturated heterocycles. The van der Waals surface area contributed by atoms with E-state index in [-0.39, 0.29) is 76.5 Å². The second-order valence-corrected chi connectivity index (χ2v) is 6.85. The van der Waals surface area contributed by atoms with Gasteiger partial charge >= 0.3 is 57.4 Å². The summed E-state index contributed by atoms with van der Waals surface area (Å²) in [5, 5.41) is 14.4. The fraction of sp³-hybridized carbons (Fsp3) is 0.438. The number of esters is 1. The van der Waals surface area contributed by atoms with Gasteiger partial charge in [0.25, 0.3) is 10.1 Å². The molecule has 0 aliphatic carbocycles. The van der Waals surface area contributed by atoms with Gasteiger partial charge in [-0.3, -0.25) is 9.98 Å². The maximum Gasteiger partial charge on any atom is 1.00 e. The Kier molecular flexibility index (Phi) is 13.0. The average Bonchev–Trinajstić information content (AvgIpc) is 2.52. The van der Waals surface area contributed by atoms with Crippen LogP contribution in [0.2, 0.25) is 0 Å². The van der Waals surface area contributed by atoms with E-state index in [0.717, 1.165) is 0 Å². The van der Waals surface area contributed by atoms with Crippen molar-refractivity contribution in [1.82, 2.24) is 0 Å². The number of anilines is 1. The number of nitrogens with one attached hydrogen (secondary N) is 1. The van der Waals surface area contributed by atoms with Gasteiger partial charge in [-0.25, -0.2) is 4.79 Å². The average molecular weight is 425 g/mol. The zero-order valence-electron chi connectivity index (χ0n) is 15.3. The Morgan fingerprint density at radius 2 is 1.93 bits per heavy atom. The molecule has 1 aromatic rings. The van der Waals surface area contributed by atoms with E-state index in [1.807, 2.05) is 0 Å². The number of hydrogen-bond donors (Lipinski definition) is 2. The van der Waals surface area contributed by atoms with Gasteiger partial charge in [0, 0.05) is 5.97 Å². The number of carboxylic acid groups (broad SMARTS) is 1. The number of carbonyl (C=O) groups excluding carboxylic acids is 2. The molecular formula is C16H21KN2O7S. The van der Waals surface area contributed by atoms with Gasteiger partial charge in [-0.05, 0) is 50.3 Å². The summed E-state index contributed by atoms with van der Waals surface area (Å²) in [5.74, 6) is -2.32. The third-order valence-corrected chi connectivity index (χ3v) is 3.85. The zero-order chi connectivity index (χ0) is 19.6.